The Kier molecular flexibility index (Phi) is 4.32. The summed E-state index contributed by atoms with van der Waals surface area (Å²) in [4.78, 5) is 4.32. The van der Waals surface area contributed by atoms with Crippen LogP contribution in [0.3, 0.4) is 0 Å². The van der Waals surface area contributed by atoms with E-state index in [1.54, 1.807) is 19.2 Å². The lowest BCUT2D eigenvalue weighted by molar-refractivity contribution is 0.494. The van der Waals surface area contributed by atoms with E-state index in [0.717, 1.165) is 12.4 Å². The average molecular weight is 261 g/mol. The van der Waals surface area contributed by atoms with Gasteiger partial charge in [-0.25, -0.2) is 9.37 Å². The Hall–Kier alpha value is -1.68. The van der Waals surface area contributed by atoms with Gasteiger partial charge >= 0.3 is 0 Å². The van der Waals surface area contributed by atoms with Crippen LogP contribution in [0.5, 0.6) is 0 Å². The first-order chi connectivity index (χ1) is 9.13. The Morgan fingerprint density at radius 3 is 2.84 bits per heavy atom. The van der Waals surface area contributed by atoms with E-state index < -0.39 is 0 Å². The van der Waals surface area contributed by atoms with E-state index in [0.29, 0.717) is 17.5 Å². The molecule has 3 nitrogen and oxygen atoms in total. The lowest BCUT2D eigenvalue weighted by Crippen LogP contribution is -2.25. The number of nitrogens with zero attached hydrogens (tertiary/aromatic N) is 2. The second-order valence-electron chi connectivity index (χ2n) is 4.75. The molecule has 4 heteroatoms. The van der Waals surface area contributed by atoms with Gasteiger partial charge in [0.05, 0.1) is 0 Å². The number of aromatic nitrogens is 2. The van der Waals surface area contributed by atoms with Crippen LogP contribution >= 0.6 is 0 Å². The fraction of sp³-hybridized carbons (Fsp3) is 0.400. The molecule has 0 saturated carbocycles. The highest BCUT2D eigenvalue weighted by atomic mass is 19.1. The molecule has 2 aromatic rings. The van der Waals surface area contributed by atoms with Gasteiger partial charge in [-0.05, 0) is 19.0 Å². The van der Waals surface area contributed by atoms with Gasteiger partial charge in [-0.1, -0.05) is 25.1 Å². The molecule has 0 aliphatic carbocycles. The van der Waals surface area contributed by atoms with Crippen molar-refractivity contribution < 1.29 is 4.39 Å². The van der Waals surface area contributed by atoms with Crippen molar-refractivity contribution in [2.24, 2.45) is 7.05 Å². The van der Waals surface area contributed by atoms with E-state index in [-0.39, 0.29) is 11.9 Å². The third-order valence-electron chi connectivity index (χ3n) is 3.36. The standard InChI is InChI=1S/C15H20FN3/c1-4-17-13(10-14-18-8-9-19(14)3)12-7-5-6-11(2)15(12)16/h5-9,13,17H,4,10H2,1-3H3. The highest BCUT2D eigenvalue weighted by Gasteiger charge is 2.18. The second kappa shape index (κ2) is 5.97. The fourth-order valence-corrected chi connectivity index (χ4v) is 2.25. The number of likely N-dealkylation sites (N-methyl/N-ethyl adjacent to an activating group) is 1. The first-order valence-electron chi connectivity index (χ1n) is 6.58. The molecule has 0 spiro atoms. The minimum absolute atomic E-state index is 0.0500. The van der Waals surface area contributed by atoms with Crippen molar-refractivity contribution in [3.05, 3.63) is 53.4 Å². The van der Waals surface area contributed by atoms with Gasteiger partial charge in [0.2, 0.25) is 0 Å². The van der Waals surface area contributed by atoms with Crippen molar-refractivity contribution >= 4 is 0 Å². The summed E-state index contributed by atoms with van der Waals surface area (Å²) in [6, 6.07) is 5.49. The van der Waals surface area contributed by atoms with Crippen LogP contribution in [0.15, 0.2) is 30.6 Å². The predicted octanol–water partition coefficient (Wildman–Crippen LogP) is 2.76. The maximum absolute atomic E-state index is 14.2. The number of halogens is 1. The summed E-state index contributed by atoms with van der Waals surface area (Å²) >= 11 is 0. The van der Waals surface area contributed by atoms with E-state index in [2.05, 4.69) is 10.3 Å². The Morgan fingerprint density at radius 1 is 1.42 bits per heavy atom. The molecule has 0 fully saturated rings. The van der Waals surface area contributed by atoms with Gasteiger partial charge in [0.1, 0.15) is 11.6 Å². The normalized spacial score (nSPS) is 12.6. The Morgan fingerprint density at radius 2 is 2.21 bits per heavy atom. The summed E-state index contributed by atoms with van der Waals surface area (Å²) in [7, 11) is 1.96. The van der Waals surface area contributed by atoms with Gasteiger partial charge in [-0.2, -0.15) is 0 Å². The number of rotatable bonds is 5. The first-order valence-corrected chi connectivity index (χ1v) is 6.58. The minimum atomic E-state index is -0.123. The maximum atomic E-state index is 14.2. The molecule has 0 bridgehead atoms. The van der Waals surface area contributed by atoms with Gasteiger partial charge < -0.3 is 9.88 Å². The lowest BCUT2D eigenvalue weighted by atomic mass is 10.00. The van der Waals surface area contributed by atoms with Gasteiger partial charge in [0.25, 0.3) is 0 Å². The quantitative estimate of drug-likeness (QED) is 0.897. The fourth-order valence-electron chi connectivity index (χ4n) is 2.25. The summed E-state index contributed by atoms with van der Waals surface area (Å²) in [6.07, 6.45) is 4.35. The number of nitrogens with one attached hydrogen (secondary N) is 1. The number of benzene rings is 1. The van der Waals surface area contributed by atoms with Gasteiger partial charge in [0.15, 0.2) is 0 Å². The van der Waals surface area contributed by atoms with E-state index in [4.69, 9.17) is 0 Å². The molecule has 102 valence electrons. The number of hydrogen-bond acceptors (Lipinski definition) is 2. The summed E-state index contributed by atoms with van der Waals surface area (Å²) in [5.74, 6) is 0.828. The first kappa shape index (κ1) is 13.7. The topological polar surface area (TPSA) is 29.9 Å². The van der Waals surface area contributed by atoms with Crippen molar-refractivity contribution in [3.63, 3.8) is 0 Å². The van der Waals surface area contributed by atoms with E-state index in [9.17, 15) is 4.39 Å². The molecule has 1 N–H and O–H groups in total. The summed E-state index contributed by atoms with van der Waals surface area (Å²) < 4.78 is 16.2. The van der Waals surface area contributed by atoms with Crippen LogP contribution in [-0.4, -0.2) is 16.1 Å². The molecule has 0 radical (unpaired) electrons. The molecule has 1 aromatic heterocycles. The Bertz CT molecular complexity index is 548. The van der Waals surface area contributed by atoms with Crippen molar-refractivity contribution in [1.82, 2.24) is 14.9 Å². The van der Waals surface area contributed by atoms with Crippen LogP contribution in [0.4, 0.5) is 4.39 Å². The van der Waals surface area contributed by atoms with Gasteiger partial charge in [-0.3, -0.25) is 0 Å². The molecule has 0 amide bonds. The zero-order valence-corrected chi connectivity index (χ0v) is 11.7. The molecule has 19 heavy (non-hydrogen) atoms. The summed E-state index contributed by atoms with van der Waals surface area (Å²) in [5, 5.41) is 3.34. The zero-order chi connectivity index (χ0) is 13.8. The van der Waals surface area contributed by atoms with E-state index in [1.807, 2.05) is 36.9 Å². The van der Waals surface area contributed by atoms with Crippen LogP contribution in [0.2, 0.25) is 0 Å². The van der Waals surface area contributed by atoms with E-state index in [1.165, 1.54) is 0 Å². The minimum Gasteiger partial charge on any atom is -0.338 e. The molecule has 0 aliphatic rings. The smallest absolute Gasteiger partial charge is 0.130 e. The van der Waals surface area contributed by atoms with Crippen molar-refractivity contribution in [2.45, 2.75) is 26.3 Å². The molecule has 1 aromatic carbocycles. The van der Waals surface area contributed by atoms with Crippen LogP contribution in [0, 0.1) is 12.7 Å². The van der Waals surface area contributed by atoms with Gasteiger partial charge in [0, 0.05) is 37.5 Å². The Labute approximate surface area is 113 Å². The highest BCUT2D eigenvalue weighted by Crippen LogP contribution is 2.22. The number of imidazole rings is 1. The largest absolute Gasteiger partial charge is 0.338 e. The predicted molar refractivity (Wildman–Crippen MR) is 74.5 cm³/mol. The molecule has 0 aliphatic heterocycles. The van der Waals surface area contributed by atoms with Crippen LogP contribution in [0.1, 0.15) is 29.9 Å². The molecular weight excluding hydrogens is 241 g/mol. The molecule has 1 atom stereocenters. The van der Waals surface area contributed by atoms with Crippen LogP contribution < -0.4 is 5.32 Å². The maximum Gasteiger partial charge on any atom is 0.130 e. The third-order valence-corrected chi connectivity index (χ3v) is 3.36. The molecule has 1 heterocycles. The number of aryl methyl sites for hydroxylation is 2. The van der Waals surface area contributed by atoms with Gasteiger partial charge in [-0.15, -0.1) is 0 Å². The van der Waals surface area contributed by atoms with Crippen molar-refractivity contribution in [2.75, 3.05) is 6.54 Å². The summed E-state index contributed by atoms with van der Waals surface area (Å²) in [5.41, 5.74) is 1.39. The van der Waals surface area contributed by atoms with E-state index >= 15 is 0 Å². The zero-order valence-electron chi connectivity index (χ0n) is 11.7. The molecular formula is C15H20FN3. The van der Waals surface area contributed by atoms with Crippen LogP contribution in [-0.2, 0) is 13.5 Å². The molecule has 1 unspecified atom stereocenters. The van der Waals surface area contributed by atoms with Crippen molar-refractivity contribution in [1.29, 1.82) is 0 Å². The number of hydrogen-bond donors (Lipinski definition) is 1. The third kappa shape index (κ3) is 3.01. The van der Waals surface area contributed by atoms with Crippen LogP contribution in [0.25, 0.3) is 0 Å². The highest BCUT2D eigenvalue weighted by molar-refractivity contribution is 5.28. The lowest BCUT2D eigenvalue weighted by Gasteiger charge is -2.19. The molecule has 0 saturated heterocycles. The Balaban J connectivity index is 2.29. The second-order valence-corrected chi connectivity index (χ2v) is 4.75. The molecule has 2 rings (SSSR count). The average Bonchev–Trinajstić information content (AvgIpc) is 2.78. The van der Waals surface area contributed by atoms with Crippen molar-refractivity contribution in [3.8, 4) is 0 Å². The SMILES string of the molecule is CCNC(Cc1nccn1C)c1cccc(C)c1F. The monoisotopic (exact) mass is 261 g/mol. The summed E-state index contributed by atoms with van der Waals surface area (Å²) in [6.45, 7) is 4.62.